The molecule has 0 atom stereocenters. The van der Waals surface area contributed by atoms with Gasteiger partial charge in [-0.05, 0) is 69.0 Å². The maximum absolute atomic E-state index is 12.0. The summed E-state index contributed by atoms with van der Waals surface area (Å²) in [5.41, 5.74) is 4.24. The molecule has 0 saturated heterocycles. The van der Waals surface area contributed by atoms with E-state index < -0.39 is 0 Å². The zero-order valence-electron chi connectivity index (χ0n) is 12.0. The summed E-state index contributed by atoms with van der Waals surface area (Å²) in [4.78, 5) is 12.0. The maximum atomic E-state index is 12.0. The van der Waals surface area contributed by atoms with Gasteiger partial charge in [0.1, 0.15) is 0 Å². The maximum Gasteiger partial charge on any atom is 0.251 e. The molecule has 0 radical (unpaired) electrons. The van der Waals surface area contributed by atoms with Crippen LogP contribution in [0.4, 0.5) is 0 Å². The monoisotopic (exact) mass is 268 g/mol. The number of hydrogen-bond acceptors (Lipinski definition) is 1. The van der Waals surface area contributed by atoms with E-state index in [1.165, 1.54) is 24.2 Å². The van der Waals surface area contributed by atoms with Crippen molar-refractivity contribution in [3.8, 4) is 5.69 Å². The zero-order valence-corrected chi connectivity index (χ0v) is 12.0. The molecule has 20 heavy (non-hydrogen) atoms. The van der Waals surface area contributed by atoms with Gasteiger partial charge >= 0.3 is 0 Å². The van der Waals surface area contributed by atoms with Gasteiger partial charge in [0, 0.05) is 29.2 Å². The lowest BCUT2D eigenvalue weighted by molar-refractivity contribution is 0.0952. The molecule has 0 aliphatic heterocycles. The molecule has 1 aliphatic carbocycles. The molecule has 1 heterocycles. The summed E-state index contributed by atoms with van der Waals surface area (Å²) < 4.78 is 2.19. The molecule has 3 rings (SSSR count). The highest BCUT2D eigenvalue weighted by Gasteiger charge is 2.21. The van der Waals surface area contributed by atoms with E-state index in [1.54, 1.807) is 0 Å². The average molecular weight is 268 g/mol. The van der Waals surface area contributed by atoms with E-state index in [2.05, 4.69) is 35.9 Å². The molecule has 1 N–H and O–H groups in total. The Bertz CT molecular complexity index is 601. The first-order chi connectivity index (χ1) is 9.65. The molecule has 1 saturated carbocycles. The fourth-order valence-corrected chi connectivity index (χ4v) is 2.50. The van der Waals surface area contributed by atoms with Gasteiger partial charge in [-0.3, -0.25) is 4.79 Å². The second-order valence-corrected chi connectivity index (χ2v) is 5.65. The van der Waals surface area contributed by atoms with Crippen molar-refractivity contribution >= 4 is 5.91 Å². The minimum Gasteiger partial charge on any atom is -0.352 e. The first-order valence-electron chi connectivity index (χ1n) is 7.19. The summed E-state index contributed by atoms with van der Waals surface area (Å²) in [7, 11) is 0. The molecule has 0 spiro atoms. The van der Waals surface area contributed by atoms with Crippen LogP contribution < -0.4 is 5.32 Å². The topological polar surface area (TPSA) is 34.0 Å². The highest BCUT2D eigenvalue weighted by Crippen LogP contribution is 2.27. The van der Waals surface area contributed by atoms with Crippen LogP contribution in [-0.4, -0.2) is 17.0 Å². The summed E-state index contributed by atoms with van der Waals surface area (Å²) >= 11 is 0. The van der Waals surface area contributed by atoms with Gasteiger partial charge in [0.15, 0.2) is 0 Å². The van der Waals surface area contributed by atoms with E-state index >= 15 is 0 Å². The second kappa shape index (κ2) is 5.16. The molecule has 1 fully saturated rings. The third-order valence-corrected chi connectivity index (χ3v) is 3.91. The third kappa shape index (κ3) is 2.62. The van der Waals surface area contributed by atoms with E-state index in [1.807, 2.05) is 24.3 Å². The Morgan fingerprint density at radius 2 is 1.70 bits per heavy atom. The molecular weight excluding hydrogens is 248 g/mol. The van der Waals surface area contributed by atoms with Crippen LogP contribution in [-0.2, 0) is 0 Å². The third-order valence-electron chi connectivity index (χ3n) is 3.91. The van der Waals surface area contributed by atoms with Gasteiger partial charge in [-0.2, -0.15) is 0 Å². The fraction of sp³-hybridized carbons (Fsp3) is 0.353. The van der Waals surface area contributed by atoms with Crippen LogP contribution in [0.2, 0.25) is 0 Å². The molecular formula is C17H20N2O. The summed E-state index contributed by atoms with van der Waals surface area (Å²) in [5, 5.41) is 2.99. The molecule has 3 nitrogen and oxygen atoms in total. The Morgan fingerprint density at radius 1 is 1.10 bits per heavy atom. The van der Waals surface area contributed by atoms with Crippen molar-refractivity contribution in [2.24, 2.45) is 5.92 Å². The molecule has 1 amide bonds. The van der Waals surface area contributed by atoms with Crippen molar-refractivity contribution in [2.75, 3.05) is 6.54 Å². The molecule has 0 bridgehead atoms. The second-order valence-electron chi connectivity index (χ2n) is 5.65. The molecule has 1 aromatic heterocycles. The van der Waals surface area contributed by atoms with Crippen LogP contribution in [0.5, 0.6) is 0 Å². The summed E-state index contributed by atoms with van der Waals surface area (Å²) in [6.07, 6.45) is 2.51. The predicted molar refractivity (Wildman–Crippen MR) is 80.3 cm³/mol. The number of benzene rings is 1. The number of aryl methyl sites for hydroxylation is 2. The normalized spacial score (nSPS) is 14.3. The number of carbonyl (C=O) groups is 1. The van der Waals surface area contributed by atoms with E-state index in [9.17, 15) is 4.79 Å². The molecule has 3 heteroatoms. The predicted octanol–water partition coefficient (Wildman–Crippen LogP) is 3.23. The van der Waals surface area contributed by atoms with Gasteiger partial charge in [0.2, 0.25) is 0 Å². The van der Waals surface area contributed by atoms with Gasteiger partial charge in [-0.15, -0.1) is 0 Å². The SMILES string of the molecule is Cc1ccc(C)n1-c1ccc(C(=O)NCC2CC2)cc1. The quantitative estimate of drug-likeness (QED) is 0.907. The number of carbonyl (C=O) groups excluding carboxylic acids is 1. The van der Waals surface area contributed by atoms with Crippen LogP contribution in [0.3, 0.4) is 0 Å². The number of aromatic nitrogens is 1. The Hall–Kier alpha value is -2.03. The molecule has 104 valence electrons. The number of nitrogens with zero attached hydrogens (tertiary/aromatic N) is 1. The van der Waals surface area contributed by atoms with Crippen LogP contribution in [0, 0.1) is 19.8 Å². The Kier molecular flexibility index (Phi) is 3.35. The van der Waals surface area contributed by atoms with Gasteiger partial charge in [-0.25, -0.2) is 0 Å². The van der Waals surface area contributed by atoms with E-state index in [-0.39, 0.29) is 5.91 Å². The average Bonchev–Trinajstić information content (AvgIpc) is 3.22. The van der Waals surface area contributed by atoms with Crippen molar-refractivity contribution in [1.29, 1.82) is 0 Å². The summed E-state index contributed by atoms with van der Waals surface area (Å²) in [6, 6.07) is 12.0. The number of rotatable bonds is 4. The zero-order chi connectivity index (χ0) is 14.1. The minimum atomic E-state index is 0.0319. The Labute approximate surface area is 119 Å². The Morgan fingerprint density at radius 3 is 2.25 bits per heavy atom. The van der Waals surface area contributed by atoms with Crippen LogP contribution in [0.15, 0.2) is 36.4 Å². The largest absolute Gasteiger partial charge is 0.352 e. The summed E-state index contributed by atoms with van der Waals surface area (Å²) in [5.74, 6) is 0.743. The first kappa shape index (κ1) is 13.0. The standard InChI is InChI=1S/C17H20N2O/c1-12-3-4-13(2)19(12)16-9-7-15(8-10-16)17(20)18-11-14-5-6-14/h3-4,7-10,14H,5-6,11H2,1-2H3,(H,18,20). The number of nitrogens with one attached hydrogen (secondary N) is 1. The van der Waals surface area contributed by atoms with Gasteiger partial charge in [0.05, 0.1) is 0 Å². The van der Waals surface area contributed by atoms with Crippen molar-refractivity contribution in [2.45, 2.75) is 26.7 Å². The van der Waals surface area contributed by atoms with Crippen molar-refractivity contribution in [1.82, 2.24) is 9.88 Å². The van der Waals surface area contributed by atoms with Crippen LogP contribution in [0.25, 0.3) is 5.69 Å². The molecule has 1 aliphatic rings. The van der Waals surface area contributed by atoms with E-state index in [0.29, 0.717) is 5.92 Å². The lowest BCUT2D eigenvalue weighted by Crippen LogP contribution is -2.25. The van der Waals surface area contributed by atoms with Gasteiger partial charge in [0.25, 0.3) is 5.91 Å². The first-order valence-corrected chi connectivity index (χ1v) is 7.19. The van der Waals surface area contributed by atoms with Crippen molar-refractivity contribution in [3.63, 3.8) is 0 Å². The highest BCUT2D eigenvalue weighted by molar-refractivity contribution is 5.94. The number of amides is 1. The molecule has 2 aromatic rings. The summed E-state index contributed by atoms with van der Waals surface area (Å²) in [6.45, 7) is 4.99. The fourth-order valence-electron chi connectivity index (χ4n) is 2.50. The van der Waals surface area contributed by atoms with Crippen LogP contribution >= 0.6 is 0 Å². The van der Waals surface area contributed by atoms with Crippen molar-refractivity contribution in [3.05, 3.63) is 53.3 Å². The van der Waals surface area contributed by atoms with Crippen molar-refractivity contribution < 1.29 is 4.79 Å². The lowest BCUT2D eigenvalue weighted by Gasteiger charge is -2.10. The van der Waals surface area contributed by atoms with Gasteiger partial charge < -0.3 is 9.88 Å². The Balaban J connectivity index is 1.75. The van der Waals surface area contributed by atoms with E-state index in [0.717, 1.165) is 17.8 Å². The lowest BCUT2D eigenvalue weighted by atomic mass is 10.2. The van der Waals surface area contributed by atoms with Crippen LogP contribution in [0.1, 0.15) is 34.6 Å². The number of hydrogen-bond donors (Lipinski definition) is 1. The molecule has 0 unspecified atom stereocenters. The van der Waals surface area contributed by atoms with E-state index in [4.69, 9.17) is 0 Å². The molecule has 1 aromatic carbocycles. The minimum absolute atomic E-state index is 0.0319. The smallest absolute Gasteiger partial charge is 0.251 e. The highest BCUT2D eigenvalue weighted by atomic mass is 16.1. The van der Waals surface area contributed by atoms with Gasteiger partial charge in [-0.1, -0.05) is 0 Å².